The van der Waals surface area contributed by atoms with Crippen molar-refractivity contribution in [3.63, 3.8) is 0 Å². The zero-order valence-corrected chi connectivity index (χ0v) is 16.7. The van der Waals surface area contributed by atoms with Gasteiger partial charge in [-0.15, -0.1) is 0 Å². The predicted octanol–water partition coefficient (Wildman–Crippen LogP) is 4.48. The van der Waals surface area contributed by atoms with Crippen LogP contribution < -0.4 is 20.1 Å². The van der Waals surface area contributed by atoms with E-state index < -0.39 is 12.4 Å². The molecule has 0 bridgehead atoms. The first-order valence-electron chi connectivity index (χ1n) is 9.39. The highest BCUT2D eigenvalue weighted by molar-refractivity contribution is 5.79. The van der Waals surface area contributed by atoms with E-state index in [2.05, 4.69) is 25.3 Å². The second-order valence-electron chi connectivity index (χ2n) is 6.29. The second kappa shape index (κ2) is 10.9. The van der Waals surface area contributed by atoms with E-state index in [1.54, 1.807) is 49.6 Å². The SMILES string of the molecule is CN=C(NCc1ccccc1OC(F)F)NCc1cccnc1Oc1cccc(F)c1. The van der Waals surface area contributed by atoms with E-state index in [1.165, 1.54) is 18.2 Å². The number of benzene rings is 2. The van der Waals surface area contributed by atoms with E-state index in [0.717, 1.165) is 5.56 Å². The van der Waals surface area contributed by atoms with Gasteiger partial charge in [0, 0.05) is 43.5 Å². The first-order chi connectivity index (χ1) is 15.0. The Labute approximate surface area is 177 Å². The summed E-state index contributed by atoms with van der Waals surface area (Å²) in [5.41, 5.74) is 1.28. The molecular weight excluding hydrogens is 409 g/mol. The Morgan fingerprint density at radius 1 is 1.00 bits per heavy atom. The molecule has 0 radical (unpaired) electrons. The summed E-state index contributed by atoms with van der Waals surface area (Å²) in [6.45, 7) is -2.36. The third-order valence-corrected chi connectivity index (χ3v) is 4.17. The molecule has 2 aromatic carbocycles. The number of aliphatic imine (C=N–C) groups is 1. The number of alkyl halides is 2. The number of guanidine groups is 1. The number of halogens is 3. The van der Waals surface area contributed by atoms with E-state index in [9.17, 15) is 13.2 Å². The molecule has 0 aliphatic rings. The van der Waals surface area contributed by atoms with Gasteiger partial charge in [0.05, 0.1) is 0 Å². The second-order valence-corrected chi connectivity index (χ2v) is 6.29. The van der Waals surface area contributed by atoms with Gasteiger partial charge in [-0.2, -0.15) is 8.78 Å². The summed E-state index contributed by atoms with van der Waals surface area (Å²) >= 11 is 0. The summed E-state index contributed by atoms with van der Waals surface area (Å²) in [5.74, 6) is 0.782. The molecule has 0 aliphatic carbocycles. The lowest BCUT2D eigenvalue weighted by Gasteiger charge is -2.15. The highest BCUT2D eigenvalue weighted by atomic mass is 19.3. The molecule has 0 aliphatic heterocycles. The topological polar surface area (TPSA) is 67.8 Å². The molecule has 9 heteroatoms. The van der Waals surface area contributed by atoms with Crippen LogP contribution in [0.2, 0.25) is 0 Å². The third kappa shape index (κ3) is 6.63. The fourth-order valence-electron chi connectivity index (χ4n) is 2.73. The molecule has 162 valence electrons. The molecule has 1 aromatic heterocycles. The van der Waals surface area contributed by atoms with Crippen LogP contribution in [0.3, 0.4) is 0 Å². The van der Waals surface area contributed by atoms with Crippen molar-refractivity contribution in [1.82, 2.24) is 15.6 Å². The van der Waals surface area contributed by atoms with Crippen LogP contribution in [0.25, 0.3) is 0 Å². The largest absolute Gasteiger partial charge is 0.439 e. The average molecular weight is 430 g/mol. The minimum absolute atomic E-state index is 0.0958. The van der Waals surface area contributed by atoms with Crippen LogP contribution in [0.4, 0.5) is 13.2 Å². The molecule has 2 N–H and O–H groups in total. The molecule has 0 fully saturated rings. The first kappa shape index (κ1) is 21.9. The Kier molecular flexibility index (Phi) is 7.69. The van der Waals surface area contributed by atoms with Gasteiger partial charge in [-0.25, -0.2) is 9.37 Å². The number of hydrogen-bond acceptors (Lipinski definition) is 4. The number of nitrogens with zero attached hydrogens (tertiary/aromatic N) is 2. The smallest absolute Gasteiger partial charge is 0.387 e. The summed E-state index contributed by atoms with van der Waals surface area (Å²) < 4.78 is 48.8. The van der Waals surface area contributed by atoms with Gasteiger partial charge in [-0.1, -0.05) is 30.3 Å². The van der Waals surface area contributed by atoms with Crippen LogP contribution in [0.5, 0.6) is 17.4 Å². The Hall–Kier alpha value is -3.75. The summed E-state index contributed by atoms with van der Waals surface area (Å²) in [5, 5.41) is 6.16. The normalized spacial score (nSPS) is 11.3. The van der Waals surface area contributed by atoms with E-state index in [0.29, 0.717) is 29.7 Å². The molecule has 3 rings (SSSR count). The fourth-order valence-corrected chi connectivity index (χ4v) is 2.73. The van der Waals surface area contributed by atoms with Crippen LogP contribution in [-0.2, 0) is 13.1 Å². The summed E-state index contributed by atoms with van der Waals surface area (Å²) in [7, 11) is 1.59. The van der Waals surface area contributed by atoms with Crippen LogP contribution >= 0.6 is 0 Å². The van der Waals surface area contributed by atoms with E-state index in [1.807, 2.05) is 6.07 Å². The van der Waals surface area contributed by atoms with Crippen LogP contribution in [0, 0.1) is 5.82 Å². The molecule has 1 heterocycles. The quantitative estimate of drug-likeness (QED) is 0.408. The maximum Gasteiger partial charge on any atom is 0.387 e. The highest BCUT2D eigenvalue weighted by Crippen LogP contribution is 2.23. The van der Waals surface area contributed by atoms with Crippen molar-refractivity contribution in [1.29, 1.82) is 0 Å². The number of pyridine rings is 1. The number of hydrogen-bond donors (Lipinski definition) is 2. The molecule has 0 amide bonds. The molecule has 0 unspecified atom stereocenters. The van der Waals surface area contributed by atoms with E-state index in [-0.39, 0.29) is 12.3 Å². The first-order valence-corrected chi connectivity index (χ1v) is 9.39. The van der Waals surface area contributed by atoms with Crippen molar-refractivity contribution in [2.45, 2.75) is 19.7 Å². The average Bonchev–Trinajstić information content (AvgIpc) is 2.75. The number of rotatable bonds is 8. The number of nitrogens with one attached hydrogen (secondary N) is 2. The minimum Gasteiger partial charge on any atom is -0.439 e. The molecular formula is C22H21F3N4O2. The van der Waals surface area contributed by atoms with Crippen molar-refractivity contribution in [2.75, 3.05) is 7.05 Å². The van der Waals surface area contributed by atoms with Crippen molar-refractivity contribution < 1.29 is 22.6 Å². The summed E-state index contributed by atoms with van der Waals surface area (Å²) in [4.78, 5) is 8.34. The van der Waals surface area contributed by atoms with Gasteiger partial charge in [-0.3, -0.25) is 4.99 Å². The minimum atomic E-state index is -2.90. The zero-order valence-electron chi connectivity index (χ0n) is 16.7. The summed E-state index contributed by atoms with van der Waals surface area (Å²) in [6, 6.07) is 15.9. The third-order valence-electron chi connectivity index (χ3n) is 4.17. The Bertz CT molecular complexity index is 1030. The van der Waals surface area contributed by atoms with Gasteiger partial charge in [0.25, 0.3) is 0 Å². The number of para-hydroxylation sites is 1. The maximum atomic E-state index is 13.4. The molecule has 0 saturated carbocycles. The van der Waals surface area contributed by atoms with Gasteiger partial charge >= 0.3 is 6.61 Å². The van der Waals surface area contributed by atoms with Crippen LogP contribution in [0.1, 0.15) is 11.1 Å². The fraction of sp³-hybridized carbons (Fsp3) is 0.182. The van der Waals surface area contributed by atoms with Crippen molar-refractivity contribution in [3.05, 3.63) is 83.8 Å². The Morgan fingerprint density at radius 3 is 2.48 bits per heavy atom. The van der Waals surface area contributed by atoms with Crippen molar-refractivity contribution in [2.24, 2.45) is 4.99 Å². The van der Waals surface area contributed by atoms with Gasteiger partial charge in [0.2, 0.25) is 5.88 Å². The van der Waals surface area contributed by atoms with Gasteiger partial charge < -0.3 is 20.1 Å². The predicted molar refractivity (Wildman–Crippen MR) is 111 cm³/mol. The lowest BCUT2D eigenvalue weighted by molar-refractivity contribution is -0.0504. The molecule has 0 saturated heterocycles. The highest BCUT2D eigenvalue weighted by Gasteiger charge is 2.11. The molecule has 0 atom stereocenters. The van der Waals surface area contributed by atoms with E-state index >= 15 is 0 Å². The number of aromatic nitrogens is 1. The Morgan fingerprint density at radius 2 is 1.74 bits per heavy atom. The van der Waals surface area contributed by atoms with Gasteiger partial charge in [0.1, 0.15) is 17.3 Å². The Balaban J connectivity index is 1.62. The van der Waals surface area contributed by atoms with Crippen LogP contribution in [0.15, 0.2) is 71.9 Å². The molecule has 3 aromatic rings. The van der Waals surface area contributed by atoms with Gasteiger partial charge in [0.15, 0.2) is 5.96 Å². The monoisotopic (exact) mass is 430 g/mol. The molecule has 31 heavy (non-hydrogen) atoms. The standard InChI is InChI=1S/C22H21F3N4O2/c1-26-22(28-13-15-6-2-3-10-19(15)31-21(24)25)29-14-16-7-5-11-27-20(16)30-18-9-4-8-17(23)12-18/h2-12,21H,13-14H2,1H3,(H2,26,28,29). The molecule has 0 spiro atoms. The van der Waals surface area contributed by atoms with E-state index in [4.69, 9.17) is 4.74 Å². The van der Waals surface area contributed by atoms with Crippen molar-refractivity contribution in [3.8, 4) is 17.4 Å². The van der Waals surface area contributed by atoms with Crippen LogP contribution in [-0.4, -0.2) is 24.6 Å². The lowest BCUT2D eigenvalue weighted by Crippen LogP contribution is -2.36. The number of ether oxygens (including phenoxy) is 2. The maximum absolute atomic E-state index is 13.4. The van der Waals surface area contributed by atoms with Crippen molar-refractivity contribution >= 4 is 5.96 Å². The molecule has 6 nitrogen and oxygen atoms in total. The lowest BCUT2D eigenvalue weighted by atomic mass is 10.2. The summed E-state index contributed by atoms with van der Waals surface area (Å²) in [6.07, 6.45) is 1.57. The van der Waals surface area contributed by atoms with Gasteiger partial charge in [-0.05, 0) is 24.3 Å². The zero-order chi connectivity index (χ0) is 22.1.